The van der Waals surface area contributed by atoms with Gasteiger partial charge in [0, 0.05) is 30.2 Å². The van der Waals surface area contributed by atoms with Crippen LogP contribution in [0.3, 0.4) is 0 Å². The normalized spacial score (nSPS) is 14.5. The zero-order valence-electron chi connectivity index (χ0n) is 17.3. The Bertz CT molecular complexity index is 1090. The van der Waals surface area contributed by atoms with Crippen LogP contribution < -0.4 is 10.5 Å². The molecule has 1 fully saturated rings. The van der Waals surface area contributed by atoms with Gasteiger partial charge in [0.1, 0.15) is 5.82 Å². The highest BCUT2D eigenvalue weighted by molar-refractivity contribution is 7.98. The van der Waals surface area contributed by atoms with E-state index in [1.54, 1.807) is 16.3 Å². The molecule has 2 aromatic carbocycles. The molecule has 6 heteroatoms. The summed E-state index contributed by atoms with van der Waals surface area (Å²) in [6, 6.07) is 12.5. The Balaban J connectivity index is 1.61. The first-order valence-corrected chi connectivity index (χ1v) is 11.3. The molecule has 0 N–H and O–H groups in total. The van der Waals surface area contributed by atoms with Gasteiger partial charge in [0.15, 0.2) is 0 Å². The van der Waals surface area contributed by atoms with Crippen molar-refractivity contribution in [3.05, 3.63) is 63.7 Å². The third-order valence-corrected chi connectivity index (χ3v) is 6.39. The number of hydrogen-bond donors (Lipinski definition) is 0. The number of aryl methyl sites for hydroxylation is 3. The van der Waals surface area contributed by atoms with Crippen molar-refractivity contribution < 1.29 is 4.74 Å². The quantitative estimate of drug-likeness (QED) is 0.600. The minimum absolute atomic E-state index is 0.0411. The van der Waals surface area contributed by atoms with Gasteiger partial charge in [-0.1, -0.05) is 6.07 Å². The lowest BCUT2D eigenvalue weighted by molar-refractivity contribution is 0.122. The summed E-state index contributed by atoms with van der Waals surface area (Å²) in [5.41, 5.74) is 4.46. The second kappa shape index (κ2) is 8.59. The SMILES string of the molecule is CSc1ccc(CCn2c(C)nc3cc(N4CCOCC4)ccc3c2=O)c(C)c1. The minimum Gasteiger partial charge on any atom is -0.378 e. The molecule has 29 heavy (non-hydrogen) atoms. The van der Waals surface area contributed by atoms with Crippen LogP contribution in [0.15, 0.2) is 46.1 Å². The lowest BCUT2D eigenvalue weighted by Crippen LogP contribution is -2.36. The molecule has 3 aromatic rings. The largest absolute Gasteiger partial charge is 0.378 e. The lowest BCUT2D eigenvalue weighted by atomic mass is 10.1. The van der Waals surface area contributed by atoms with Crippen molar-refractivity contribution in [2.45, 2.75) is 31.7 Å². The predicted molar refractivity (Wildman–Crippen MR) is 120 cm³/mol. The molecule has 0 atom stereocenters. The number of ether oxygens (including phenoxy) is 1. The summed E-state index contributed by atoms with van der Waals surface area (Å²) in [5.74, 6) is 0.764. The van der Waals surface area contributed by atoms with Gasteiger partial charge >= 0.3 is 0 Å². The summed E-state index contributed by atoms with van der Waals surface area (Å²) in [4.78, 5) is 21.4. The molecule has 0 radical (unpaired) electrons. The molecule has 2 heterocycles. The van der Waals surface area contributed by atoms with Crippen LogP contribution in [0.4, 0.5) is 5.69 Å². The van der Waals surface area contributed by atoms with E-state index in [0.29, 0.717) is 11.9 Å². The van der Waals surface area contributed by atoms with Crippen LogP contribution in [0.5, 0.6) is 0 Å². The average Bonchev–Trinajstić information content (AvgIpc) is 2.74. The Kier molecular flexibility index (Phi) is 5.92. The van der Waals surface area contributed by atoms with Gasteiger partial charge in [-0.2, -0.15) is 0 Å². The number of fused-ring (bicyclic) bond motifs is 1. The molecular formula is C23H27N3O2S. The van der Waals surface area contributed by atoms with Gasteiger partial charge in [-0.05, 0) is 68.0 Å². The average molecular weight is 410 g/mol. The van der Waals surface area contributed by atoms with Crippen LogP contribution in [-0.2, 0) is 17.7 Å². The van der Waals surface area contributed by atoms with Crippen LogP contribution in [0.1, 0.15) is 17.0 Å². The van der Waals surface area contributed by atoms with Gasteiger partial charge in [-0.25, -0.2) is 4.98 Å². The molecule has 1 aromatic heterocycles. The molecule has 0 aliphatic carbocycles. The van der Waals surface area contributed by atoms with Crippen LogP contribution in [0.2, 0.25) is 0 Å². The van der Waals surface area contributed by atoms with E-state index in [-0.39, 0.29) is 5.56 Å². The fraction of sp³-hybridized carbons (Fsp3) is 0.391. The van der Waals surface area contributed by atoms with Gasteiger partial charge in [-0.3, -0.25) is 9.36 Å². The van der Waals surface area contributed by atoms with Crippen LogP contribution in [0.25, 0.3) is 10.9 Å². The molecule has 152 valence electrons. The lowest BCUT2D eigenvalue weighted by Gasteiger charge is -2.29. The fourth-order valence-corrected chi connectivity index (χ4v) is 4.41. The van der Waals surface area contributed by atoms with E-state index < -0.39 is 0 Å². The first-order chi connectivity index (χ1) is 14.1. The van der Waals surface area contributed by atoms with Crippen molar-refractivity contribution in [2.24, 2.45) is 0 Å². The van der Waals surface area contributed by atoms with Crippen molar-refractivity contribution in [3.8, 4) is 0 Å². The smallest absolute Gasteiger partial charge is 0.261 e. The summed E-state index contributed by atoms with van der Waals surface area (Å²) in [6.07, 6.45) is 2.91. The summed E-state index contributed by atoms with van der Waals surface area (Å²) in [7, 11) is 0. The highest BCUT2D eigenvalue weighted by Crippen LogP contribution is 2.22. The molecule has 0 unspecified atom stereocenters. The van der Waals surface area contributed by atoms with Crippen LogP contribution >= 0.6 is 11.8 Å². The number of rotatable bonds is 5. The molecule has 0 bridgehead atoms. The maximum absolute atomic E-state index is 13.1. The van der Waals surface area contributed by atoms with Crippen LogP contribution in [0, 0.1) is 13.8 Å². The van der Waals surface area contributed by atoms with Gasteiger partial charge < -0.3 is 9.64 Å². The second-order valence-corrected chi connectivity index (χ2v) is 8.34. The Hall–Kier alpha value is -2.31. The number of thioether (sulfide) groups is 1. The number of benzene rings is 2. The summed E-state index contributed by atoms with van der Waals surface area (Å²) in [6.45, 7) is 7.92. The van der Waals surface area contributed by atoms with Crippen molar-refractivity contribution in [1.82, 2.24) is 9.55 Å². The zero-order valence-corrected chi connectivity index (χ0v) is 18.1. The first-order valence-electron chi connectivity index (χ1n) is 10.0. The maximum Gasteiger partial charge on any atom is 0.261 e. The van der Waals surface area contributed by atoms with E-state index in [1.165, 1.54) is 16.0 Å². The van der Waals surface area contributed by atoms with E-state index in [9.17, 15) is 4.79 Å². The summed E-state index contributed by atoms with van der Waals surface area (Å²) < 4.78 is 7.24. The van der Waals surface area contributed by atoms with Crippen molar-refractivity contribution in [2.75, 3.05) is 37.5 Å². The van der Waals surface area contributed by atoms with Crippen LogP contribution in [-0.4, -0.2) is 42.1 Å². The Labute approximate surface area is 175 Å². The van der Waals surface area contributed by atoms with Crippen molar-refractivity contribution >= 4 is 28.4 Å². The number of hydrogen-bond acceptors (Lipinski definition) is 5. The third-order valence-electron chi connectivity index (χ3n) is 5.66. The highest BCUT2D eigenvalue weighted by atomic mass is 32.2. The topological polar surface area (TPSA) is 47.4 Å². The van der Waals surface area contributed by atoms with E-state index in [1.807, 2.05) is 25.1 Å². The molecule has 1 saturated heterocycles. The molecule has 0 spiro atoms. The Morgan fingerprint density at radius 1 is 1.10 bits per heavy atom. The van der Waals surface area contributed by atoms with Gasteiger partial charge in [0.2, 0.25) is 0 Å². The predicted octanol–water partition coefficient (Wildman–Crippen LogP) is 3.81. The number of anilines is 1. The van der Waals surface area contributed by atoms with E-state index in [4.69, 9.17) is 9.72 Å². The maximum atomic E-state index is 13.1. The van der Waals surface area contributed by atoms with Gasteiger partial charge in [-0.15, -0.1) is 11.8 Å². The minimum atomic E-state index is 0.0411. The number of morpholine rings is 1. The van der Waals surface area contributed by atoms with Crippen molar-refractivity contribution in [1.29, 1.82) is 0 Å². The van der Waals surface area contributed by atoms with Gasteiger partial charge in [0.25, 0.3) is 5.56 Å². The zero-order chi connectivity index (χ0) is 20.4. The number of aromatic nitrogens is 2. The third kappa shape index (κ3) is 4.19. The van der Waals surface area contributed by atoms with E-state index in [0.717, 1.165) is 49.8 Å². The van der Waals surface area contributed by atoms with E-state index >= 15 is 0 Å². The molecule has 0 amide bonds. The standard InChI is InChI=1S/C23H27N3O2S/c1-16-14-20(29-3)6-4-18(16)8-9-26-17(2)24-22-15-19(5-7-21(22)23(26)27)25-10-12-28-13-11-25/h4-7,14-15H,8-13H2,1-3H3. The van der Waals surface area contributed by atoms with Crippen molar-refractivity contribution in [3.63, 3.8) is 0 Å². The Morgan fingerprint density at radius 3 is 2.62 bits per heavy atom. The number of nitrogens with zero attached hydrogens (tertiary/aromatic N) is 3. The monoisotopic (exact) mass is 409 g/mol. The summed E-state index contributed by atoms with van der Waals surface area (Å²) >= 11 is 1.75. The fourth-order valence-electron chi connectivity index (χ4n) is 3.91. The molecule has 1 aliphatic rings. The van der Waals surface area contributed by atoms with Gasteiger partial charge in [0.05, 0.1) is 24.1 Å². The summed E-state index contributed by atoms with van der Waals surface area (Å²) in [5, 5.41) is 0.682. The molecular weight excluding hydrogens is 382 g/mol. The second-order valence-electron chi connectivity index (χ2n) is 7.46. The molecule has 5 nitrogen and oxygen atoms in total. The molecule has 4 rings (SSSR count). The Morgan fingerprint density at radius 2 is 1.90 bits per heavy atom. The van der Waals surface area contributed by atoms with E-state index in [2.05, 4.69) is 36.3 Å². The highest BCUT2D eigenvalue weighted by Gasteiger charge is 2.14. The molecule has 0 saturated carbocycles. The first kappa shape index (κ1) is 20.0. The molecule has 1 aliphatic heterocycles.